The predicted octanol–water partition coefficient (Wildman–Crippen LogP) is -0.0205. The average molecular weight is 304 g/mol. The number of carbonyl (C=O) groups excluding carboxylic acids is 2. The van der Waals surface area contributed by atoms with Crippen LogP contribution < -0.4 is 5.32 Å². The van der Waals surface area contributed by atoms with Crippen LogP contribution in [-0.4, -0.2) is 63.1 Å². The summed E-state index contributed by atoms with van der Waals surface area (Å²) in [5, 5.41) is 19.6. The Morgan fingerprint density at radius 3 is 2.50 bits per heavy atom. The lowest BCUT2D eigenvalue weighted by atomic mass is 10.1. The number of thioether (sulfide) groups is 1. The van der Waals surface area contributed by atoms with Gasteiger partial charge in [-0.1, -0.05) is 11.8 Å². The Balaban J connectivity index is 2.35. The highest BCUT2D eigenvalue weighted by molar-refractivity contribution is 8.13. The monoisotopic (exact) mass is 304 g/mol. The molecule has 0 aromatic carbocycles. The van der Waals surface area contributed by atoms with Crippen LogP contribution in [0.2, 0.25) is 0 Å². The van der Waals surface area contributed by atoms with Gasteiger partial charge in [0.25, 0.3) is 5.24 Å². The molecule has 0 bridgehead atoms. The van der Waals surface area contributed by atoms with E-state index in [0.29, 0.717) is 12.3 Å². The average Bonchev–Trinajstić information content (AvgIpc) is 2.77. The van der Waals surface area contributed by atoms with Gasteiger partial charge in [0.05, 0.1) is 0 Å². The van der Waals surface area contributed by atoms with Crippen LogP contribution in [0.3, 0.4) is 0 Å². The molecule has 0 spiro atoms. The summed E-state index contributed by atoms with van der Waals surface area (Å²) in [6, 6.07) is -1.22. The molecule has 1 aliphatic rings. The third-order valence-electron chi connectivity index (χ3n) is 2.73. The van der Waals surface area contributed by atoms with Crippen LogP contribution in [0.5, 0.6) is 0 Å². The van der Waals surface area contributed by atoms with Gasteiger partial charge in [0.15, 0.2) is 0 Å². The molecule has 20 heavy (non-hydrogen) atoms. The van der Waals surface area contributed by atoms with Gasteiger partial charge in [0.2, 0.25) is 5.91 Å². The SMILES string of the molecule is O=C(O)CC[C@H](NC(=O)CCN1CCSC1=O)C(=O)O. The summed E-state index contributed by atoms with van der Waals surface area (Å²) in [5.41, 5.74) is 0. The molecule has 1 rings (SSSR count). The van der Waals surface area contributed by atoms with Gasteiger partial charge in [0, 0.05) is 31.7 Å². The molecule has 0 unspecified atom stereocenters. The molecule has 9 heteroatoms. The van der Waals surface area contributed by atoms with Crippen LogP contribution in [0.25, 0.3) is 0 Å². The number of nitrogens with zero attached hydrogens (tertiary/aromatic N) is 1. The highest BCUT2D eigenvalue weighted by Gasteiger charge is 2.24. The fourth-order valence-electron chi connectivity index (χ4n) is 1.66. The van der Waals surface area contributed by atoms with Crippen molar-refractivity contribution < 1.29 is 29.4 Å². The van der Waals surface area contributed by atoms with E-state index in [4.69, 9.17) is 10.2 Å². The number of hydrogen-bond donors (Lipinski definition) is 3. The molecule has 3 N–H and O–H groups in total. The summed E-state index contributed by atoms with van der Waals surface area (Å²) in [7, 11) is 0. The third-order valence-corrected chi connectivity index (χ3v) is 3.63. The van der Waals surface area contributed by atoms with Crippen LogP contribution >= 0.6 is 11.8 Å². The van der Waals surface area contributed by atoms with Gasteiger partial charge >= 0.3 is 11.9 Å². The topological polar surface area (TPSA) is 124 Å². The maximum absolute atomic E-state index is 11.6. The molecule has 0 radical (unpaired) electrons. The Kier molecular flexibility index (Phi) is 6.29. The molecule has 112 valence electrons. The molecule has 2 amide bonds. The Morgan fingerprint density at radius 2 is 2.00 bits per heavy atom. The van der Waals surface area contributed by atoms with Crippen molar-refractivity contribution >= 4 is 34.8 Å². The number of aliphatic carboxylic acids is 2. The number of carboxylic acids is 2. The second-order valence-electron chi connectivity index (χ2n) is 4.24. The van der Waals surface area contributed by atoms with Gasteiger partial charge in [-0.2, -0.15) is 0 Å². The van der Waals surface area contributed by atoms with Gasteiger partial charge < -0.3 is 20.4 Å². The van der Waals surface area contributed by atoms with Crippen molar-refractivity contribution in [1.82, 2.24) is 10.2 Å². The molecule has 1 heterocycles. The summed E-state index contributed by atoms with van der Waals surface area (Å²) in [5.74, 6) is -2.21. The lowest BCUT2D eigenvalue weighted by Gasteiger charge is -2.16. The van der Waals surface area contributed by atoms with Gasteiger partial charge in [-0.15, -0.1) is 0 Å². The fourth-order valence-corrected chi connectivity index (χ4v) is 2.51. The van der Waals surface area contributed by atoms with Crippen LogP contribution in [0.15, 0.2) is 0 Å². The summed E-state index contributed by atoms with van der Waals surface area (Å²) in [6.07, 6.45) is -0.503. The van der Waals surface area contributed by atoms with Crippen LogP contribution in [-0.2, 0) is 14.4 Å². The lowest BCUT2D eigenvalue weighted by Crippen LogP contribution is -2.42. The van der Waals surface area contributed by atoms with Gasteiger partial charge in [-0.3, -0.25) is 14.4 Å². The molecular weight excluding hydrogens is 288 g/mol. The lowest BCUT2D eigenvalue weighted by molar-refractivity contribution is -0.143. The molecule has 1 aliphatic heterocycles. The van der Waals surface area contributed by atoms with Crippen LogP contribution in [0, 0.1) is 0 Å². The summed E-state index contributed by atoms with van der Waals surface area (Å²) in [6.45, 7) is 0.821. The van der Waals surface area contributed by atoms with Crippen LogP contribution in [0.4, 0.5) is 4.79 Å². The summed E-state index contributed by atoms with van der Waals surface area (Å²) in [4.78, 5) is 45.7. The maximum Gasteiger partial charge on any atom is 0.326 e. The zero-order valence-corrected chi connectivity index (χ0v) is 11.5. The fraction of sp³-hybridized carbons (Fsp3) is 0.636. The minimum absolute atomic E-state index is 0.00313. The first-order valence-corrected chi connectivity index (χ1v) is 7.04. The van der Waals surface area contributed by atoms with Crippen molar-refractivity contribution in [3.8, 4) is 0 Å². The highest BCUT2D eigenvalue weighted by Crippen LogP contribution is 2.16. The second-order valence-corrected chi connectivity index (χ2v) is 5.29. The first kappa shape index (κ1) is 16.3. The van der Waals surface area contributed by atoms with E-state index in [2.05, 4.69) is 5.32 Å². The van der Waals surface area contributed by atoms with Gasteiger partial charge in [0.1, 0.15) is 6.04 Å². The van der Waals surface area contributed by atoms with Crippen molar-refractivity contribution in [2.45, 2.75) is 25.3 Å². The molecule has 8 nitrogen and oxygen atoms in total. The minimum atomic E-state index is -1.27. The molecular formula is C11H16N2O6S. The molecule has 0 aromatic heterocycles. The van der Waals surface area contributed by atoms with Gasteiger partial charge in [-0.05, 0) is 6.42 Å². The standard InChI is InChI=1S/C11H16N2O6S/c14-8(3-4-13-5-6-20-11(13)19)12-7(10(17)18)1-2-9(15)16/h7H,1-6H2,(H,12,14)(H,15,16)(H,17,18)/t7-/m0/s1. The van der Waals surface area contributed by atoms with E-state index in [1.165, 1.54) is 16.7 Å². The Hall–Kier alpha value is -1.77. The Labute approximate surface area is 119 Å². The summed E-state index contributed by atoms with van der Waals surface area (Å²) < 4.78 is 0. The maximum atomic E-state index is 11.6. The summed E-state index contributed by atoms with van der Waals surface area (Å²) >= 11 is 1.18. The van der Waals surface area contributed by atoms with E-state index in [1.54, 1.807) is 0 Å². The van der Waals surface area contributed by atoms with E-state index < -0.39 is 23.9 Å². The zero-order valence-electron chi connectivity index (χ0n) is 10.7. The van der Waals surface area contributed by atoms with Crippen molar-refractivity contribution in [2.24, 2.45) is 0 Å². The Bertz CT molecular complexity index is 414. The highest BCUT2D eigenvalue weighted by atomic mass is 32.2. The molecule has 1 atom stereocenters. The van der Waals surface area contributed by atoms with Crippen molar-refractivity contribution in [1.29, 1.82) is 0 Å². The first-order chi connectivity index (χ1) is 9.40. The molecule has 1 fully saturated rings. The number of nitrogens with one attached hydrogen (secondary N) is 1. The van der Waals surface area contributed by atoms with Crippen molar-refractivity contribution in [2.75, 3.05) is 18.8 Å². The molecule has 0 saturated carbocycles. The van der Waals surface area contributed by atoms with Crippen LogP contribution in [0.1, 0.15) is 19.3 Å². The van der Waals surface area contributed by atoms with E-state index >= 15 is 0 Å². The molecule has 0 aliphatic carbocycles. The molecule has 1 saturated heterocycles. The van der Waals surface area contributed by atoms with E-state index in [9.17, 15) is 19.2 Å². The number of carbonyl (C=O) groups is 4. The van der Waals surface area contributed by atoms with E-state index in [0.717, 1.165) is 0 Å². The normalized spacial score (nSPS) is 16.0. The largest absolute Gasteiger partial charge is 0.481 e. The Morgan fingerprint density at radius 1 is 1.30 bits per heavy atom. The smallest absolute Gasteiger partial charge is 0.326 e. The zero-order chi connectivity index (χ0) is 15.1. The number of rotatable bonds is 8. The van der Waals surface area contributed by atoms with E-state index in [1.807, 2.05) is 0 Å². The third kappa shape index (κ3) is 5.47. The second kappa shape index (κ2) is 7.73. The molecule has 0 aromatic rings. The number of hydrogen-bond acceptors (Lipinski definition) is 5. The number of amides is 2. The first-order valence-electron chi connectivity index (χ1n) is 6.06. The minimum Gasteiger partial charge on any atom is -0.481 e. The van der Waals surface area contributed by atoms with Gasteiger partial charge in [-0.25, -0.2) is 4.79 Å². The van der Waals surface area contributed by atoms with E-state index in [-0.39, 0.29) is 31.0 Å². The quantitative estimate of drug-likeness (QED) is 0.575. The van der Waals surface area contributed by atoms with Crippen molar-refractivity contribution in [3.05, 3.63) is 0 Å². The van der Waals surface area contributed by atoms with Crippen molar-refractivity contribution in [3.63, 3.8) is 0 Å². The predicted molar refractivity (Wildman–Crippen MR) is 70.5 cm³/mol. The number of carboxylic acid groups (broad SMARTS) is 2.